The Bertz CT molecular complexity index is 1110. The van der Waals surface area contributed by atoms with Crippen molar-refractivity contribution in [3.8, 4) is 0 Å². The molecule has 3 aromatic heterocycles. The van der Waals surface area contributed by atoms with Gasteiger partial charge in [0.2, 0.25) is 11.1 Å². The van der Waals surface area contributed by atoms with Crippen molar-refractivity contribution in [1.29, 1.82) is 0 Å². The molecule has 8 nitrogen and oxygen atoms in total. The number of tetrazole rings is 1. The van der Waals surface area contributed by atoms with E-state index in [9.17, 15) is 9.18 Å². The number of aromatic nitrogens is 5. The average molecular weight is 430 g/mol. The Morgan fingerprint density at radius 1 is 1.31 bits per heavy atom. The topological polar surface area (TPSA) is 89.9 Å². The van der Waals surface area contributed by atoms with Crippen molar-refractivity contribution in [3.63, 3.8) is 0 Å². The summed E-state index contributed by atoms with van der Waals surface area (Å²) in [5, 5.41) is 14.6. The monoisotopic (exact) mass is 430 g/mol. The number of thioether (sulfide) groups is 1. The van der Waals surface area contributed by atoms with Gasteiger partial charge in [-0.2, -0.15) is 0 Å². The lowest BCUT2D eigenvalue weighted by Gasteiger charge is -2.18. The molecule has 3 heterocycles. The molecule has 0 aliphatic carbocycles. The average Bonchev–Trinajstić information content (AvgIpc) is 3.45. The lowest BCUT2D eigenvalue weighted by Crippen LogP contribution is -2.23. The predicted octanol–water partition coefficient (Wildman–Crippen LogP) is 3.89. The van der Waals surface area contributed by atoms with Gasteiger partial charge in [0.1, 0.15) is 18.1 Å². The maximum Gasteiger partial charge on any atom is 0.230 e. The number of rotatable bonds is 7. The normalized spacial score (nSPS) is 11.0. The van der Waals surface area contributed by atoms with Crippen LogP contribution in [0, 0.1) is 5.82 Å². The molecule has 0 radical (unpaired) electrons. The second kappa shape index (κ2) is 8.53. The number of anilines is 2. The van der Waals surface area contributed by atoms with Gasteiger partial charge in [-0.15, -0.1) is 16.4 Å². The molecule has 0 unspecified atom stereocenters. The largest absolute Gasteiger partial charge is 0.467 e. The molecule has 1 aromatic carbocycles. The van der Waals surface area contributed by atoms with Gasteiger partial charge < -0.3 is 4.42 Å². The van der Waals surface area contributed by atoms with Gasteiger partial charge in [0.25, 0.3) is 0 Å². The van der Waals surface area contributed by atoms with Crippen LogP contribution < -0.4 is 4.90 Å². The number of amides is 1. The maximum atomic E-state index is 14.2. The van der Waals surface area contributed by atoms with Crippen LogP contribution in [-0.2, 0) is 17.1 Å². The molecule has 0 N–H and O–H groups in total. The number of benzene rings is 1. The minimum atomic E-state index is -0.481. The molecule has 0 saturated heterocycles. The van der Waals surface area contributed by atoms with Crippen LogP contribution in [0.1, 0.15) is 18.4 Å². The SMILES string of the molecule is CC(=O)N(c1nc(CSc2nnnn2Cc2ccco2)cs1)c1ccccc1F. The lowest BCUT2D eigenvalue weighted by atomic mass is 10.3. The summed E-state index contributed by atoms with van der Waals surface area (Å²) in [5.41, 5.74) is 0.918. The van der Waals surface area contributed by atoms with Gasteiger partial charge in [0, 0.05) is 18.1 Å². The smallest absolute Gasteiger partial charge is 0.230 e. The molecule has 148 valence electrons. The molecule has 4 rings (SSSR count). The van der Waals surface area contributed by atoms with E-state index in [-0.39, 0.29) is 11.6 Å². The number of nitrogens with zero attached hydrogens (tertiary/aromatic N) is 6. The molecule has 4 aromatic rings. The van der Waals surface area contributed by atoms with Crippen LogP contribution in [0.25, 0.3) is 0 Å². The molecular formula is C18H15FN6O2S2. The van der Waals surface area contributed by atoms with Crippen LogP contribution in [-0.4, -0.2) is 31.1 Å². The first kappa shape index (κ1) is 19.3. The highest BCUT2D eigenvalue weighted by molar-refractivity contribution is 7.98. The molecule has 11 heteroatoms. The van der Waals surface area contributed by atoms with E-state index in [2.05, 4.69) is 20.5 Å². The van der Waals surface area contributed by atoms with Crippen LogP contribution in [0.5, 0.6) is 0 Å². The third-order valence-electron chi connectivity index (χ3n) is 3.87. The van der Waals surface area contributed by atoms with Gasteiger partial charge in [-0.05, 0) is 34.7 Å². The predicted molar refractivity (Wildman–Crippen MR) is 107 cm³/mol. The highest BCUT2D eigenvalue weighted by Crippen LogP contribution is 2.32. The second-order valence-corrected chi connectivity index (χ2v) is 7.69. The summed E-state index contributed by atoms with van der Waals surface area (Å²) < 4.78 is 21.1. The summed E-state index contributed by atoms with van der Waals surface area (Å²) in [4.78, 5) is 17.9. The van der Waals surface area contributed by atoms with E-state index < -0.39 is 5.82 Å². The van der Waals surface area contributed by atoms with Crippen LogP contribution >= 0.6 is 23.1 Å². The fraction of sp³-hybridized carbons (Fsp3) is 0.167. The lowest BCUT2D eigenvalue weighted by molar-refractivity contribution is -0.115. The minimum absolute atomic E-state index is 0.177. The molecule has 0 saturated carbocycles. The molecule has 0 atom stereocenters. The van der Waals surface area contributed by atoms with Crippen LogP contribution in [0.4, 0.5) is 15.2 Å². The number of hydrogen-bond acceptors (Lipinski definition) is 8. The Kier molecular flexibility index (Phi) is 5.67. The van der Waals surface area contributed by atoms with Gasteiger partial charge in [0.15, 0.2) is 5.13 Å². The number of thiazole rings is 1. The van der Waals surface area contributed by atoms with Gasteiger partial charge in [-0.1, -0.05) is 23.9 Å². The van der Waals surface area contributed by atoms with Crippen molar-refractivity contribution < 1.29 is 13.6 Å². The van der Waals surface area contributed by atoms with Gasteiger partial charge in [-0.25, -0.2) is 14.1 Å². The zero-order chi connectivity index (χ0) is 20.2. The standard InChI is InChI=1S/C18H15FN6O2S2/c1-12(26)25(16-7-3-2-6-15(16)19)17-20-13(10-28-17)11-29-18-21-22-23-24(18)9-14-5-4-8-27-14/h2-8,10H,9,11H2,1H3. The fourth-order valence-electron chi connectivity index (χ4n) is 2.59. The van der Waals surface area contributed by atoms with Gasteiger partial charge in [0.05, 0.1) is 17.6 Å². The number of para-hydroxylation sites is 1. The van der Waals surface area contributed by atoms with E-state index in [1.807, 2.05) is 11.4 Å². The second-order valence-electron chi connectivity index (χ2n) is 5.91. The van der Waals surface area contributed by atoms with E-state index in [0.29, 0.717) is 22.6 Å². The van der Waals surface area contributed by atoms with E-state index in [1.54, 1.807) is 35.2 Å². The number of carbonyl (C=O) groups excluding carboxylic acids is 1. The zero-order valence-electron chi connectivity index (χ0n) is 15.2. The van der Waals surface area contributed by atoms with Crippen molar-refractivity contribution >= 4 is 39.8 Å². The van der Waals surface area contributed by atoms with Crippen molar-refractivity contribution in [2.24, 2.45) is 0 Å². The minimum Gasteiger partial charge on any atom is -0.467 e. The summed E-state index contributed by atoms with van der Waals surface area (Å²) in [6.07, 6.45) is 1.60. The molecule has 0 aliphatic heterocycles. The van der Waals surface area contributed by atoms with E-state index in [0.717, 1.165) is 11.5 Å². The van der Waals surface area contributed by atoms with E-state index in [4.69, 9.17) is 4.42 Å². The third kappa shape index (κ3) is 4.35. The summed E-state index contributed by atoms with van der Waals surface area (Å²) in [6.45, 7) is 1.81. The Morgan fingerprint density at radius 2 is 2.17 bits per heavy atom. The summed E-state index contributed by atoms with van der Waals surface area (Å²) >= 11 is 2.69. The van der Waals surface area contributed by atoms with Crippen LogP contribution in [0.3, 0.4) is 0 Å². The quantitative estimate of drug-likeness (QED) is 0.411. The molecule has 29 heavy (non-hydrogen) atoms. The van der Waals surface area contributed by atoms with Gasteiger partial charge >= 0.3 is 0 Å². The Labute approximate surface area is 173 Å². The highest BCUT2D eigenvalue weighted by Gasteiger charge is 2.21. The molecule has 1 amide bonds. The van der Waals surface area contributed by atoms with Crippen LogP contribution in [0.15, 0.2) is 57.6 Å². The zero-order valence-corrected chi connectivity index (χ0v) is 16.9. The molecule has 0 bridgehead atoms. The summed E-state index contributed by atoms with van der Waals surface area (Å²) in [5.74, 6) is 0.451. The Hall–Kier alpha value is -3.05. The highest BCUT2D eigenvalue weighted by atomic mass is 32.2. The van der Waals surface area contributed by atoms with E-state index in [1.165, 1.54) is 41.0 Å². The fourth-order valence-corrected chi connectivity index (χ4v) is 4.35. The number of carbonyl (C=O) groups is 1. The van der Waals surface area contributed by atoms with Crippen LogP contribution in [0.2, 0.25) is 0 Å². The first-order chi connectivity index (χ1) is 14.1. The number of hydrogen-bond donors (Lipinski definition) is 0. The first-order valence-corrected chi connectivity index (χ1v) is 10.4. The first-order valence-electron chi connectivity index (χ1n) is 8.53. The van der Waals surface area contributed by atoms with Gasteiger partial charge in [-0.3, -0.25) is 9.69 Å². The number of halogens is 1. The van der Waals surface area contributed by atoms with E-state index >= 15 is 0 Å². The van der Waals surface area contributed by atoms with Crippen molar-refractivity contribution in [1.82, 2.24) is 25.2 Å². The Balaban J connectivity index is 1.48. The third-order valence-corrected chi connectivity index (χ3v) is 5.74. The van der Waals surface area contributed by atoms with Crippen molar-refractivity contribution in [2.45, 2.75) is 24.4 Å². The maximum absolute atomic E-state index is 14.2. The molecular weight excluding hydrogens is 415 g/mol. The summed E-state index contributed by atoms with van der Waals surface area (Å²) in [7, 11) is 0. The molecule has 0 spiro atoms. The number of furan rings is 1. The molecule has 0 aliphatic rings. The van der Waals surface area contributed by atoms with Crippen molar-refractivity contribution in [3.05, 3.63) is 65.3 Å². The molecule has 0 fully saturated rings. The Morgan fingerprint density at radius 3 is 2.93 bits per heavy atom. The van der Waals surface area contributed by atoms with Crippen molar-refractivity contribution in [2.75, 3.05) is 4.90 Å². The summed E-state index contributed by atoms with van der Waals surface area (Å²) in [6, 6.07) is 9.77.